The van der Waals surface area contributed by atoms with Crippen LogP contribution in [0.15, 0.2) is 11.4 Å². The summed E-state index contributed by atoms with van der Waals surface area (Å²) < 4.78 is 9.51. The molecule has 1 amide bonds. The van der Waals surface area contributed by atoms with Crippen LogP contribution in [0.3, 0.4) is 0 Å². The number of carbonyl (C=O) groups excluding carboxylic acids is 2. The summed E-state index contributed by atoms with van der Waals surface area (Å²) in [7, 11) is 1.26. The molecule has 0 aliphatic heterocycles. The van der Waals surface area contributed by atoms with Gasteiger partial charge >= 0.3 is 12.1 Å². The largest absolute Gasteiger partial charge is 0.459 e. The Hall–Kier alpha value is -2.00. The Morgan fingerprint density at radius 2 is 2.05 bits per heavy atom. The van der Waals surface area contributed by atoms with Gasteiger partial charge in [-0.3, -0.25) is 5.32 Å². The second-order valence-corrected chi connectivity index (χ2v) is 5.48. The van der Waals surface area contributed by atoms with Crippen LogP contribution in [0.4, 0.5) is 9.80 Å². The van der Waals surface area contributed by atoms with Crippen LogP contribution < -0.4 is 5.32 Å². The first-order valence-electron chi connectivity index (χ1n) is 5.48. The monoisotopic (exact) mass is 281 g/mol. The number of hydrogen-bond donors (Lipinski definition) is 1. The van der Waals surface area contributed by atoms with Crippen LogP contribution in [-0.4, -0.2) is 24.8 Å². The summed E-state index contributed by atoms with van der Waals surface area (Å²) in [6, 6.07) is 1.66. The minimum absolute atomic E-state index is 0.526. The summed E-state index contributed by atoms with van der Waals surface area (Å²) in [6.45, 7) is 5.36. The molecule has 6 heteroatoms. The molecule has 0 bridgehead atoms. The van der Waals surface area contributed by atoms with Gasteiger partial charge in [0.15, 0.2) is 0 Å². The molecule has 0 atom stereocenters. The lowest BCUT2D eigenvalue weighted by Crippen LogP contribution is -2.26. The van der Waals surface area contributed by atoms with Gasteiger partial charge in [-0.15, -0.1) is 11.3 Å². The number of anilines is 1. The van der Waals surface area contributed by atoms with Gasteiger partial charge in [-0.1, -0.05) is 5.92 Å². The number of thiophene rings is 1. The Morgan fingerprint density at radius 3 is 2.63 bits per heavy atom. The SMILES string of the molecule is COC(=O)C#Cc1csc(NC(=O)OC(C)(C)C)c1. The number of methoxy groups -OCH3 is 1. The molecule has 0 unspecified atom stereocenters. The molecule has 1 rings (SSSR count). The minimum atomic E-state index is -0.604. The Balaban J connectivity index is 2.62. The summed E-state index contributed by atoms with van der Waals surface area (Å²) in [6.07, 6.45) is -0.526. The summed E-state index contributed by atoms with van der Waals surface area (Å²) in [4.78, 5) is 22.4. The lowest BCUT2D eigenvalue weighted by atomic mass is 10.2. The van der Waals surface area contributed by atoms with Crippen LogP contribution in [0.5, 0.6) is 0 Å². The predicted octanol–water partition coefficient (Wildman–Crippen LogP) is 2.62. The highest BCUT2D eigenvalue weighted by atomic mass is 32.1. The highest BCUT2D eigenvalue weighted by molar-refractivity contribution is 7.14. The zero-order valence-electron chi connectivity index (χ0n) is 11.2. The van der Waals surface area contributed by atoms with Crippen molar-refractivity contribution in [3.05, 3.63) is 17.0 Å². The Morgan fingerprint density at radius 1 is 1.37 bits per heavy atom. The predicted molar refractivity (Wildman–Crippen MR) is 73.1 cm³/mol. The standard InChI is InChI=1S/C13H15NO4S/c1-13(2,3)18-12(16)14-10-7-9(8-19-10)5-6-11(15)17-4/h7-8H,1-4H3,(H,14,16). The second kappa shape index (κ2) is 6.25. The van der Waals surface area contributed by atoms with Gasteiger partial charge in [0.1, 0.15) is 5.60 Å². The molecule has 0 radical (unpaired) electrons. The van der Waals surface area contributed by atoms with E-state index in [2.05, 4.69) is 21.9 Å². The molecule has 102 valence electrons. The summed E-state index contributed by atoms with van der Waals surface area (Å²) in [5.74, 6) is 4.33. The van der Waals surface area contributed by atoms with Gasteiger partial charge in [0.25, 0.3) is 0 Å². The molecular weight excluding hydrogens is 266 g/mol. The molecule has 1 aromatic heterocycles. The fourth-order valence-corrected chi connectivity index (χ4v) is 1.76. The molecule has 1 aromatic rings. The molecule has 0 aliphatic rings. The zero-order valence-corrected chi connectivity index (χ0v) is 12.0. The van der Waals surface area contributed by atoms with Crippen molar-refractivity contribution in [3.8, 4) is 11.8 Å². The van der Waals surface area contributed by atoms with E-state index < -0.39 is 17.7 Å². The summed E-state index contributed by atoms with van der Waals surface area (Å²) in [5.41, 5.74) is 0.0796. The third-order valence-electron chi connectivity index (χ3n) is 1.72. The van der Waals surface area contributed by atoms with Gasteiger partial charge in [0.05, 0.1) is 12.1 Å². The van der Waals surface area contributed by atoms with Gasteiger partial charge in [-0.2, -0.15) is 0 Å². The first kappa shape index (κ1) is 15.1. The zero-order chi connectivity index (χ0) is 14.5. The van der Waals surface area contributed by atoms with Crippen LogP contribution in [0.2, 0.25) is 0 Å². The Kier molecular flexibility index (Phi) is 4.95. The normalized spacial score (nSPS) is 10.1. The van der Waals surface area contributed by atoms with Crippen molar-refractivity contribution in [2.24, 2.45) is 0 Å². The van der Waals surface area contributed by atoms with Crippen molar-refractivity contribution >= 4 is 28.4 Å². The maximum atomic E-state index is 11.5. The highest BCUT2D eigenvalue weighted by Crippen LogP contribution is 2.20. The lowest BCUT2D eigenvalue weighted by molar-refractivity contribution is -0.133. The van der Waals surface area contributed by atoms with Crippen molar-refractivity contribution in [3.63, 3.8) is 0 Å². The van der Waals surface area contributed by atoms with E-state index in [0.717, 1.165) is 0 Å². The first-order chi connectivity index (χ1) is 8.80. The van der Waals surface area contributed by atoms with Crippen LogP contribution >= 0.6 is 11.3 Å². The first-order valence-corrected chi connectivity index (χ1v) is 6.36. The van der Waals surface area contributed by atoms with Crippen LogP contribution in [0.1, 0.15) is 26.3 Å². The number of amides is 1. The van der Waals surface area contributed by atoms with Gasteiger partial charge in [0.2, 0.25) is 0 Å². The molecule has 0 aromatic carbocycles. The Labute approximate surface area is 115 Å². The minimum Gasteiger partial charge on any atom is -0.459 e. The molecule has 0 fully saturated rings. The van der Waals surface area contributed by atoms with Gasteiger partial charge < -0.3 is 9.47 Å². The average Bonchev–Trinajstić information content (AvgIpc) is 2.70. The maximum Gasteiger partial charge on any atom is 0.412 e. The van der Waals surface area contributed by atoms with Gasteiger partial charge in [-0.05, 0) is 26.8 Å². The lowest BCUT2D eigenvalue weighted by Gasteiger charge is -2.19. The van der Waals surface area contributed by atoms with Gasteiger partial charge in [0, 0.05) is 16.9 Å². The van der Waals surface area contributed by atoms with E-state index in [-0.39, 0.29) is 0 Å². The number of rotatable bonds is 1. The fraction of sp³-hybridized carbons (Fsp3) is 0.385. The Bertz CT molecular complexity index is 531. The van der Waals surface area contributed by atoms with Gasteiger partial charge in [-0.25, -0.2) is 9.59 Å². The van der Waals surface area contributed by atoms with E-state index in [4.69, 9.17) is 4.74 Å². The second-order valence-electron chi connectivity index (χ2n) is 4.57. The van der Waals surface area contributed by atoms with Crippen molar-refractivity contribution < 1.29 is 19.1 Å². The van der Waals surface area contributed by atoms with Crippen molar-refractivity contribution in [1.82, 2.24) is 0 Å². The maximum absolute atomic E-state index is 11.5. The molecule has 1 heterocycles. The molecule has 0 aliphatic carbocycles. The van der Waals surface area contributed by atoms with E-state index in [0.29, 0.717) is 10.6 Å². The van der Waals surface area contributed by atoms with E-state index in [1.807, 2.05) is 0 Å². The van der Waals surface area contributed by atoms with E-state index in [1.165, 1.54) is 18.4 Å². The van der Waals surface area contributed by atoms with Crippen LogP contribution in [0.25, 0.3) is 0 Å². The fourth-order valence-electron chi connectivity index (χ4n) is 1.05. The van der Waals surface area contributed by atoms with E-state index in [9.17, 15) is 9.59 Å². The summed E-state index contributed by atoms with van der Waals surface area (Å²) in [5, 5.41) is 4.92. The van der Waals surface area contributed by atoms with Crippen molar-refractivity contribution in [1.29, 1.82) is 0 Å². The van der Waals surface area contributed by atoms with E-state index in [1.54, 1.807) is 32.2 Å². The molecule has 0 saturated carbocycles. The number of nitrogens with one attached hydrogen (secondary N) is 1. The van der Waals surface area contributed by atoms with Crippen molar-refractivity contribution in [2.75, 3.05) is 12.4 Å². The van der Waals surface area contributed by atoms with E-state index >= 15 is 0 Å². The molecule has 5 nitrogen and oxygen atoms in total. The summed E-state index contributed by atoms with van der Waals surface area (Å²) >= 11 is 1.30. The molecule has 1 N–H and O–H groups in total. The number of ether oxygens (including phenoxy) is 2. The van der Waals surface area contributed by atoms with Crippen LogP contribution in [-0.2, 0) is 14.3 Å². The number of carbonyl (C=O) groups is 2. The van der Waals surface area contributed by atoms with Crippen molar-refractivity contribution in [2.45, 2.75) is 26.4 Å². The topological polar surface area (TPSA) is 64.6 Å². The smallest absolute Gasteiger partial charge is 0.412 e. The van der Waals surface area contributed by atoms with Crippen LogP contribution in [0, 0.1) is 11.8 Å². The number of esters is 1. The molecule has 0 saturated heterocycles. The third kappa shape index (κ3) is 5.93. The molecule has 19 heavy (non-hydrogen) atoms. The molecular formula is C13H15NO4S. The molecule has 0 spiro atoms. The number of hydrogen-bond acceptors (Lipinski definition) is 5. The average molecular weight is 281 g/mol. The quantitative estimate of drug-likeness (QED) is 0.635. The highest BCUT2D eigenvalue weighted by Gasteiger charge is 2.16. The third-order valence-corrected chi connectivity index (χ3v) is 2.56.